The number of azo groups is 1. The van der Waals surface area contributed by atoms with Crippen LogP contribution < -0.4 is 0 Å². The van der Waals surface area contributed by atoms with Gasteiger partial charge in [-0.1, -0.05) is 42.5 Å². The van der Waals surface area contributed by atoms with Crippen LogP contribution in [0.4, 0.5) is 11.4 Å². The van der Waals surface area contributed by atoms with E-state index in [-0.39, 0.29) is 5.75 Å². The van der Waals surface area contributed by atoms with Crippen molar-refractivity contribution in [2.24, 2.45) is 10.2 Å². The number of benzene rings is 3. The summed E-state index contributed by atoms with van der Waals surface area (Å²) in [6.07, 6.45) is 0. The lowest BCUT2D eigenvalue weighted by Crippen LogP contribution is -1.79. The summed E-state index contributed by atoms with van der Waals surface area (Å²) in [5, 5.41) is 20.3. The summed E-state index contributed by atoms with van der Waals surface area (Å²) in [5.74, 6) is 0.230. The molecule has 0 radical (unpaired) electrons. The van der Waals surface area contributed by atoms with E-state index in [1.54, 1.807) is 6.07 Å². The molecule has 0 saturated carbocycles. The minimum Gasteiger partial charge on any atom is -0.507 e. The Hall–Kier alpha value is -2.68. The predicted molar refractivity (Wildman–Crippen MR) is 81.0 cm³/mol. The zero-order valence-electron chi connectivity index (χ0n) is 11.1. The van der Waals surface area contributed by atoms with E-state index in [1.807, 2.05) is 61.5 Å². The molecule has 3 aromatic carbocycles. The van der Waals surface area contributed by atoms with E-state index < -0.39 is 0 Å². The SMILES string of the molecule is Cc1ccc2cccc(O)c2c1N=Nc1ccccc1. The molecule has 0 spiro atoms. The van der Waals surface area contributed by atoms with Crippen molar-refractivity contribution in [3.63, 3.8) is 0 Å². The zero-order chi connectivity index (χ0) is 13.9. The number of phenolic OH excluding ortho intramolecular Hbond substituents is 1. The van der Waals surface area contributed by atoms with Crippen LogP contribution in [0.3, 0.4) is 0 Å². The van der Waals surface area contributed by atoms with Crippen LogP contribution in [0.5, 0.6) is 5.75 Å². The topological polar surface area (TPSA) is 45.0 Å². The maximum absolute atomic E-state index is 10.1. The Labute approximate surface area is 117 Å². The van der Waals surface area contributed by atoms with E-state index in [4.69, 9.17) is 0 Å². The highest BCUT2D eigenvalue weighted by atomic mass is 16.3. The summed E-state index contributed by atoms with van der Waals surface area (Å²) < 4.78 is 0. The number of hydrogen-bond donors (Lipinski definition) is 1. The lowest BCUT2D eigenvalue weighted by Gasteiger charge is -2.06. The quantitative estimate of drug-likeness (QED) is 0.628. The van der Waals surface area contributed by atoms with Crippen molar-refractivity contribution in [3.05, 3.63) is 66.2 Å². The molecule has 0 aromatic heterocycles. The lowest BCUT2D eigenvalue weighted by atomic mass is 10.0. The molecule has 98 valence electrons. The molecule has 3 aromatic rings. The highest BCUT2D eigenvalue weighted by Gasteiger charge is 2.08. The Bertz CT molecular complexity index is 780. The zero-order valence-corrected chi connectivity index (χ0v) is 11.1. The average molecular weight is 262 g/mol. The number of hydrogen-bond acceptors (Lipinski definition) is 3. The first-order chi connectivity index (χ1) is 9.75. The Morgan fingerprint density at radius 2 is 1.60 bits per heavy atom. The molecule has 0 aliphatic carbocycles. The first-order valence-electron chi connectivity index (χ1n) is 6.44. The first kappa shape index (κ1) is 12.4. The minimum absolute atomic E-state index is 0.230. The van der Waals surface area contributed by atoms with Gasteiger partial charge in [-0.25, -0.2) is 0 Å². The molecule has 0 heterocycles. The van der Waals surface area contributed by atoms with Gasteiger partial charge < -0.3 is 5.11 Å². The van der Waals surface area contributed by atoms with E-state index in [9.17, 15) is 5.11 Å². The number of aryl methyl sites for hydroxylation is 1. The normalized spacial score (nSPS) is 11.2. The maximum Gasteiger partial charge on any atom is 0.125 e. The Morgan fingerprint density at radius 3 is 2.40 bits per heavy atom. The molecule has 3 heteroatoms. The summed E-state index contributed by atoms with van der Waals surface area (Å²) in [7, 11) is 0. The molecule has 0 aliphatic heterocycles. The molecular formula is C17H14N2O. The molecule has 0 atom stereocenters. The van der Waals surface area contributed by atoms with E-state index in [0.29, 0.717) is 5.69 Å². The fourth-order valence-corrected chi connectivity index (χ4v) is 2.18. The number of rotatable bonds is 2. The van der Waals surface area contributed by atoms with Gasteiger partial charge in [-0.3, -0.25) is 0 Å². The van der Waals surface area contributed by atoms with E-state index in [2.05, 4.69) is 10.2 Å². The van der Waals surface area contributed by atoms with Crippen molar-refractivity contribution in [3.8, 4) is 5.75 Å². The smallest absolute Gasteiger partial charge is 0.125 e. The summed E-state index contributed by atoms with van der Waals surface area (Å²) in [4.78, 5) is 0. The maximum atomic E-state index is 10.1. The standard InChI is InChI=1S/C17H14N2O/c1-12-10-11-13-6-5-9-15(20)16(13)17(12)19-18-14-7-3-2-4-8-14/h2-11,20H,1H3. The summed E-state index contributed by atoms with van der Waals surface area (Å²) in [5.41, 5.74) is 2.49. The van der Waals surface area contributed by atoms with Gasteiger partial charge in [0.25, 0.3) is 0 Å². The van der Waals surface area contributed by atoms with Gasteiger partial charge in [-0.2, -0.15) is 5.11 Å². The molecule has 0 aliphatic rings. The van der Waals surface area contributed by atoms with E-state index in [1.165, 1.54) is 0 Å². The molecule has 0 unspecified atom stereocenters. The predicted octanol–water partition coefficient (Wildman–Crippen LogP) is 5.27. The van der Waals surface area contributed by atoms with Crippen molar-refractivity contribution in [1.29, 1.82) is 0 Å². The molecule has 3 nitrogen and oxygen atoms in total. The molecule has 1 N–H and O–H groups in total. The Morgan fingerprint density at radius 1 is 0.800 bits per heavy atom. The van der Waals surface area contributed by atoms with Crippen LogP contribution in [-0.2, 0) is 0 Å². The average Bonchev–Trinajstić information content (AvgIpc) is 2.48. The van der Waals surface area contributed by atoms with Crippen LogP contribution in [-0.4, -0.2) is 5.11 Å². The molecular weight excluding hydrogens is 248 g/mol. The van der Waals surface area contributed by atoms with Crippen LogP contribution in [0, 0.1) is 6.92 Å². The summed E-state index contributed by atoms with van der Waals surface area (Å²) in [6, 6.07) is 19.0. The van der Waals surface area contributed by atoms with Crippen LogP contribution in [0.25, 0.3) is 10.8 Å². The number of fused-ring (bicyclic) bond motifs is 1. The van der Waals surface area contributed by atoms with Crippen LogP contribution in [0.15, 0.2) is 70.9 Å². The Kier molecular flexibility index (Phi) is 3.17. The van der Waals surface area contributed by atoms with Gasteiger partial charge in [0, 0.05) is 0 Å². The highest BCUT2D eigenvalue weighted by molar-refractivity contribution is 5.98. The fraction of sp³-hybridized carbons (Fsp3) is 0.0588. The van der Waals surface area contributed by atoms with E-state index in [0.717, 1.165) is 22.0 Å². The molecule has 0 saturated heterocycles. The van der Waals surface area contributed by atoms with Gasteiger partial charge >= 0.3 is 0 Å². The third kappa shape index (κ3) is 2.26. The number of nitrogens with zero attached hydrogens (tertiary/aromatic N) is 2. The summed E-state index contributed by atoms with van der Waals surface area (Å²) in [6.45, 7) is 1.96. The lowest BCUT2D eigenvalue weighted by molar-refractivity contribution is 0.481. The number of aromatic hydroxyl groups is 1. The van der Waals surface area contributed by atoms with Crippen molar-refractivity contribution < 1.29 is 5.11 Å². The molecule has 0 amide bonds. The van der Waals surface area contributed by atoms with Crippen molar-refractivity contribution in [2.75, 3.05) is 0 Å². The molecule has 20 heavy (non-hydrogen) atoms. The van der Waals surface area contributed by atoms with Crippen molar-refractivity contribution in [1.82, 2.24) is 0 Å². The molecule has 0 fully saturated rings. The minimum atomic E-state index is 0.230. The van der Waals surface area contributed by atoms with Gasteiger partial charge in [-0.15, -0.1) is 5.11 Å². The molecule has 0 bridgehead atoms. The monoisotopic (exact) mass is 262 g/mol. The van der Waals surface area contributed by atoms with Gasteiger partial charge in [0.1, 0.15) is 11.4 Å². The van der Waals surface area contributed by atoms with Crippen molar-refractivity contribution in [2.45, 2.75) is 6.92 Å². The Balaban J connectivity index is 2.16. The van der Waals surface area contributed by atoms with Gasteiger partial charge in [0.05, 0.1) is 11.1 Å². The third-order valence-electron chi connectivity index (χ3n) is 3.22. The van der Waals surface area contributed by atoms with Crippen LogP contribution in [0.2, 0.25) is 0 Å². The fourth-order valence-electron chi connectivity index (χ4n) is 2.18. The first-order valence-corrected chi connectivity index (χ1v) is 6.44. The van der Waals surface area contributed by atoms with Gasteiger partial charge in [0.2, 0.25) is 0 Å². The van der Waals surface area contributed by atoms with Gasteiger partial charge in [-0.05, 0) is 36.1 Å². The van der Waals surface area contributed by atoms with Crippen LogP contribution in [0.1, 0.15) is 5.56 Å². The second-order valence-corrected chi connectivity index (χ2v) is 4.64. The largest absolute Gasteiger partial charge is 0.507 e. The van der Waals surface area contributed by atoms with Gasteiger partial charge in [0.15, 0.2) is 0 Å². The molecule has 3 rings (SSSR count). The third-order valence-corrected chi connectivity index (χ3v) is 3.22. The second kappa shape index (κ2) is 5.13. The summed E-state index contributed by atoms with van der Waals surface area (Å²) >= 11 is 0. The van der Waals surface area contributed by atoms with E-state index >= 15 is 0 Å². The second-order valence-electron chi connectivity index (χ2n) is 4.64. The highest BCUT2D eigenvalue weighted by Crippen LogP contribution is 2.36. The number of phenols is 1. The van der Waals surface area contributed by atoms with Crippen LogP contribution >= 0.6 is 0 Å². The van der Waals surface area contributed by atoms with Crippen molar-refractivity contribution >= 4 is 22.1 Å².